The number of hydroxylamine groups is 1. The van der Waals surface area contributed by atoms with Gasteiger partial charge < -0.3 is 14.0 Å². The molecule has 172 valence electrons. The Kier molecular flexibility index (Phi) is 5.49. The molecule has 0 radical (unpaired) electrons. The first-order valence-corrected chi connectivity index (χ1v) is 10.8. The van der Waals surface area contributed by atoms with Gasteiger partial charge in [0.15, 0.2) is 17.1 Å². The summed E-state index contributed by atoms with van der Waals surface area (Å²) in [6.07, 6.45) is 6.39. The largest absolute Gasteiger partial charge is 0.493 e. The zero-order valence-corrected chi connectivity index (χ0v) is 18.2. The number of benzene rings is 2. The van der Waals surface area contributed by atoms with Crippen molar-refractivity contribution >= 4 is 5.70 Å². The molecular formula is C24H23F2N3O4. The highest BCUT2D eigenvalue weighted by Crippen LogP contribution is 2.38. The maximum atomic E-state index is 13.6. The summed E-state index contributed by atoms with van der Waals surface area (Å²) in [5, 5.41) is 3.86. The zero-order chi connectivity index (χ0) is 23.0. The lowest BCUT2D eigenvalue weighted by Gasteiger charge is -2.17. The van der Waals surface area contributed by atoms with Gasteiger partial charge in [-0.15, -0.1) is 0 Å². The average molecular weight is 455 g/mol. The Balaban J connectivity index is 1.41. The molecule has 2 heterocycles. The lowest BCUT2D eigenvalue weighted by atomic mass is 10.0. The van der Waals surface area contributed by atoms with Crippen molar-refractivity contribution in [3.63, 3.8) is 0 Å². The van der Waals surface area contributed by atoms with Gasteiger partial charge in [0.1, 0.15) is 11.6 Å². The summed E-state index contributed by atoms with van der Waals surface area (Å²) in [6.45, 7) is 1.75. The molecule has 1 atom stereocenters. The highest BCUT2D eigenvalue weighted by Gasteiger charge is 2.38. The van der Waals surface area contributed by atoms with E-state index in [4.69, 9.17) is 18.8 Å². The number of methoxy groups -OCH3 is 1. The summed E-state index contributed by atoms with van der Waals surface area (Å²) in [5.74, 6) is 0.0907. The van der Waals surface area contributed by atoms with Gasteiger partial charge >= 0.3 is 0 Å². The molecule has 3 aromatic rings. The number of halogens is 2. The monoisotopic (exact) mass is 455 g/mol. The van der Waals surface area contributed by atoms with Gasteiger partial charge in [0, 0.05) is 17.2 Å². The second-order valence-electron chi connectivity index (χ2n) is 8.34. The van der Waals surface area contributed by atoms with E-state index in [0.29, 0.717) is 17.2 Å². The van der Waals surface area contributed by atoms with Crippen LogP contribution in [0.1, 0.15) is 44.1 Å². The van der Waals surface area contributed by atoms with Crippen LogP contribution in [-0.4, -0.2) is 23.4 Å². The Morgan fingerprint density at radius 2 is 1.79 bits per heavy atom. The summed E-state index contributed by atoms with van der Waals surface area (Å²) < 4.78 is 44.1. The van der Waals surface area contributed by atoms with Crippen LogP contribution in [0.5, 0.6) is 11.5 Å². The van der Waals surface area contributed by atoms with Crippen LogP contribution < -0.4 is 15.0 Å². The summed E-state index contributed by atoms with van der Waals surface area (Å²) >= 11 is 0. The van der Waals surface area contributed by atoms with E-state index in [-0.39, 0.29) is 23.4 Å². The van der Waals surface area contributed by atoms with Crippen molar-refractivity contribution in [2.75, 3.05) is 7.11 Å². The van der Waals surface area contributed by atoms with Crippen molar-refractivity contribution in [1.82, 2.24) is 15.6 Å². The molecule has 0 bridgehead atoms. The standard InChI is InChI=1S/C24H23F2N3O4/c1-24(23-27-22(29-32-23)15-9-16(25)12-17(26)10-15)13-19(28-33-24)14-7-8-20(30-2)21(11-14)31-18-5-3-4-6-18/h7-13,18,28H,3-6H2,1-2H3. The lowest BCUT2D eigenvalue weighted by Crippen LogP contribution is -2.23. The zero-order valence-electron chi connectivity index (χ0n) is 18.2. The fourth-order valence-electron chi connectivity index (χ4n) is 4.09. The Morgan fingerprint density at radius 1 is 1.03 bits per heavy atom. The van der Waals surface area contributed by atoms with Crippen molar-refractivity contribution in [2.24, 2.45) is 0 Å². The van der Waals surface area contributed by atoms with Crippen molar-refractivity contribution in [3.05, 3.63) is 65.6 Å². The van der Waals surface area contributed by atoms with Crippen LogP contribution in [0, 0.1) is 11.6 Å². The minimum atomic E-state index is -1.08. The van der Waals surface area contributed by atoms with Crippen LogP contribution in [-0.2, 0) is 10.4 Å². The SMILES string of the molecule is COc1ccc(C2=CC(C)(c3nc(-c4cc(F)cc(F)c4)no3)ON2)cc1OC1CCCC1. The van der Waals surface area contributed by atoms with Crippen molar-refractivity contribution in [2.45, 2.75) is 44.3 Å². The molecule has 0 spiro atoms. The van der Waals surface area contributed by atoms with E-state index < -0.39 is 17.2 Å². The van der Waals surface area contributed by atoms with Crippen LogP contribution in [0.3, 0.4) is 0 Å². The smallest absolute Gasteiger partial charge is 0.265 e. The maximum Gasteiger partial charge on any atom is 0.265 e. The molecule has 33 heavy (non-hydrogen) atoms. The van der Waals surface area contributed by atoms with Gasteiger partial charge in [-0.3, -0.25) is 10.3 Å². The normalized spacial score (nSPS) is 20.5. The predicted octanol–water partition coefficient (Wildman–Crippen LogP) is 5.14. The van der Waals surface area contributed by atoms with Crippen molar-refractivity contribution in [1.29, 1.82) is 0 Å². The summed E-state index contributed by atoms with van der Waals surface area (Å²) in [6, 6.07) is 8.70. The number of hydrogen-bond donors (Lipinski definition) is 1. The second kappa shape index (κ2) is 8.47. The van der Waals surface area contributed by atoms with Crippen molar-refractivity contribution < 1.29 is 27.6 Å². The van der Waals surface area contributed by atoms with E-state index >= 15 is 0 Å². The molecule has 1 aromatic heterocycles. The third-order valence-corrected chi connectivity index (χ3v) is 5.83. The van der Waals surface area contributed by atoms with Crippen LogP contribution in [0.2, 0.25) is 0 Å². The minimum absolute atomic E-state index is 0.0618. The molecule has 1 N–H and O–H groups in total. The first kappa shape index (κ1) is 21.4. The Morgan fingerprint density at radius 3 is 2.52 bits per heavy atom. The van der Waals surface area contributed by atoms with Gasteiger partial charge in [-0.05, 0) is 69.0 Å². The van der Waals surface area contributed by atoms with E-state index in [1.54, 1.807) is 20.1 Å². The number of hydrogen-bond acceptors (Lipinski definition) is 7. The molecule has 2 aliphatic rings. The number of rotatable bonds is 6. The van der Waals surface area contributed by atoms with Crippen molar-refractivity contribution in [3.8, 4) is 22.9 Å². The minimum Gasteiger partial charge on any atom is -0.493 e. The molecule has 1 fully saturated rings. The third kappa shape index (κ3) is 4.28. The molecule has 9 heteroatoms. The highest BCUT2D eigenvalue weighted by atomic mass is 19.1. The molecule has 1 saturated carbocycles. The fourth-order valence-corrected chi connectivity index (χ4v) is 4.09. The molecule has 5 rings (SSSR count). The molecule has 1 aliphatic heterocycles. The molecule has 1 aliphatic carbocycles. The van der Waals surface area contributed by atoms with Gasteiger partial charge in [0.25, 0.3) is 5.89 Å². The summed E-state index contributed by atoms with van der Waals surface area (Å²) in [4.78, 5) is 10.1. The van der Waals surface area contributed by atoms with Crippen LogP contribution in [0.4, 0.5) is 8.78 Å². The average Bonchev–Trinajstić information content (AvgIpc) is 3.55. The first-order chi connectivity index (χ1) is 15.9. The topological polar surface area (TPSA) is 78.6 Å². The summed E-state index contributed by atoms with van der Waals surface area (Å²) in [5.41, 5.74) is 3.51. The van der Waals surface area contributed by atoms with Crippen LogP contribution in [0.15, 0.2) is 47.0 Å². The van der Waals surface area contributed by atoms with E-state index in [1.165, 1.54) is 12.8 Å². The van der Waals surface area contributed by atoms with Gasteiger partial charge in [-0.25, -0.2) is 8.78 Å². The van der Waals surface area contributed by atoms with E-state index in [9.17, 15) is 8.78 Å². The summed E-state index contributed by atoms with van der Waals surface area (Å²) in [7, 11) is 1.61. The Labute approximate surface area is 189 Å². The number of aromatic nitrogens is 2. The van der Waals surface area contributed by atoms with Gasteiger partial charge in [-0.2, -0.15) is 4.98 Å². The van der Waals surface area contributed by atoms with E-state index in [2.05, 4.69) is 15.6 Å². The third-order valence-electron chi connectivity index (χ3n) is 5.83. The second-order valence-corrected chi connectivity index (χ2v) is 8.34. The number of nitrogens with zero attached hydrogens (tertiary/aromatic N) is 2. The molecule has 0 saturated heterocycles. The predicted molar refractivity (Wildman–Crippen MR) is 115 cm³/mol. The molecular weight excluding hydrogens is 432 g/mol. The van der Waals surface area contributed by atoms with Gasteiger partial charge in [0.05, 0.1) is 18.9 Å². The first-order valence-electron chi connectivity index (χ1n) is 10.8. The highest BCUT2D eigenvalue weighted by molar-refractivity contribution is 5.68. The Bertz CT molecular complexity index is 1190. The molecule has 1 unspecified atom stereocenters. The molecule has 2 aromatic carbocycles. The van der Waals surface area contributed by atoms with Crippen LogP contribution >= 0.6 is 0 Å². The Hall–Kier alpha value is -3.46. The van der Waals surface area contributed by atoms with Crippen LogP contribution in [0.25, 0.3) is 17.1 Å². The fraction of sp³-hybridized carbons (Fsp3) is 0.333. The maximum absolute atomic E-state index is 13.6. The number of ether oxygens (including phenoxy) is 2. The van der Waals surface area contributed by atoms with Gasteiger partial charge in [-0.1, -0.05) is 5.16 Å². The molecule has 7 nitrogen and oxygen atoms in total. The van der Waals surface area contributed by atoms with Gasteiger partial charge in [0.2, 0.25) is 5.82 Å². The lowest BCUT2D eigenvalue weighted by molar-refractivity contribution is -0.0445. The van der Waals surface area contributed by atoms with E-state index in [0.717, 1.165) is 36.6 Å². The quantitative estimate of drug-likeness (QED) is 0.552. The molecule has 0 amide bonds. The van der Waals surface area contributed by atoms with E-state index in [1.807, 2.05) is 18.2 Å². The number of nitrogens with one attached hydrogen (secondary N) is 1.